The summed E-state index contributed by atoms with van der Waals surface area (Å²) in [6, 6.07) is 60.5. The van der Waals surface area contributed by atoms with Crippen LogP contribution in [0.4, 0.5) is 0 Å². The van der Waals surface area contributed by atoms with E-state index in [1.807, 2.05) is 79.0 Å². The maximum atomic E-state index is 6.43. The molecule has 0 saturated carbocycles. The van der Waals surface area contributed by atoms with Gasteiger partial charge in [-0.2, -0.15) is 0 Å². The minimum absolute atomic E-state index is 0.553. The van der Waals surface area contributed by atoms with Gasteiger partial charge < -0.3 is 4.42 Å². The number of hydrogen-bond donors (Lipinski definition) is 0. The molecular formula is C48H30N4O. The molecule has 5 nitrogen and oxygen atoms in total. The van der Waals surface area contributed by atoms with Gasteiger partial charge in [-0.15, -0.1) is 0 Å². The van der Waals surface area contributed by atoms with Crippen LogP contribution in [0.25, 0.3) is 100 Å². The van der Waals surface area contributed by atoms with E-state index in [9.17, 15) is 0 Å². The molecule has 0 aliphatic rings. The van der Waals surface area contributed by atoms with Crippen LogP contribution in [0.3, 0.4) is 0 Å². The van der Waals surface area contributed by atoms with Crippen LogP contribution in [0, 0.1) is 0 Å². The lowest BCUT2D eigenvalue weighted by Crippen LogP contribution is -2.00. The van der Waals surface area contributed by atoms with Gasteiger partial charge in [0.2, 0.25) is 0 Å². The van der Waals surface area contributed by atoms with E-state index in [2.05, 4.69) is 103 Å². The Morgan fingerprint density at radius 3 is 1.79 bits per heavy atom. The molecule has 0 aliphatic heterocycles. The highest BCUT2D eigenvalue weighted by Crippen LogP contribution is 2.40. The summed E-state index contributed by atoms with van der Waals surface area (Å²) >= 11 is 0. The molecule has 0 aliphatic carbocycles. The average molecular weight is 679 g/mol. The van der Waals surface area contributed by atoms with Gasteiger partial charge in [0.05, 0.1) is 11.1 Å². The number of hydrogen-bond acceptors (Lipinski definition) is 5. The Hall–Kier alpha value is -7.24. The van der Waals surface area contributed by atoms with E-state index < -0.39 is 0 Å². The standard InChI is InChI=1S/C48H30N4O/c1-3-12-31(13-4-1)32-23-25-33(26-24-32)37-27-28-42-40(21-11-29-49-42)44(37)35-16-9-17-36(30-35)47-50-46(34-14-5-2-6-15-34)51-48(52-47)41-20-10-19-39-38-18-7-8-22-43(38)53-45(39)41/h1-30H. The van der Waals surface area contributed by atoms with Gasteiger partial charge in [0, 0.05) is 33.5 Å². The third-order valence-electron chi connectivity index (χ3n) is 9.81. The lowest BCUT2D eigenvalue weighted by Gasteiger charge is -2.15. The van der Waals surface area contributed by atoms with Crippen LogP contribution in [-0.2, 0) is 0 Å². The second kappa shape index (κ2) is 12.8. The molecule has 0 fully saturated rings. The van der Waals surface area contributed by atoms with Crippen molar-refractivity contribution in [2.45, 2.75) is 0 Å². The van der Waals surface area contributed by atoms with Crippen molar-refractivity contribution in [2.24, 2.45) is 0 Å². The van der Waals surface area contributed by atoms with E-state index in [1.54, 1.807) is 0 Å². The Kier molecular flexibility index (Phi) is 7.40. The van der Waals surface area contributed by atoms with Crippen molar-refractivity contribution in [2.75, 3.05) is 0 Å². The summed E-state index contributed by atoms with van der Waals surface area (Å²) in [7, 11) is 0. The van der Waals surface area contributed by atoms with Crippen LogP contribution in [-0.4, -0.2) is 19.9 Å². The average Bonchev–Trinajstić information content (AvgIpc) is 3.63. The molecule has 0 atom stereocenters. The van der Waals surface area contributed by atoms with Gasteiger partial charge in [0.15, 0.2) is 17.5 Å². The third-order valence-corrected chi connectivity index (χ3v) is 9.81. The Bertz CT molecular complexity index is 2940. The molecule has 3 aromatic heterocycles. The second-order valence-electron chi connectivity index (χ2n) is 13.0. The van der Waals surface area contributed by atoms with E-state index in [1.165, 1.54) is 11.1 Å². The van der Waals surface area contributed by atoms with Gasteiger partial charge in [0.1, 0.15) is 11.2 Å². The number of para-hydroxylation sites is 2. The van der Waals surface area contributed by atoms with Crippen molar-refractivity contribution in [3.63, 3.8) is 0 Å². The minimum atomic E-state index is 0.553. The molecule has 53 heavy (non-hydrogen) atoms. The van der Waals surface area contributed by atoms with E-state index in [4.69, 9.17) is 24.4 Å². The van der Waals surface area contributed by atoms with Crippen LogP contribution in [0.5, 0.6) is 0 Å². The largest absolute Gasteiger partial charge is 0.455 e. The molecule has 0 amide bonds. The predicted octanol–water partition coefficient (Wildman–Crippen LogP) is 12.3. The highest BCUT2D eigenvalue weighted by molar-refractivity contribution is 6.09. The first-order valence-electron chi connectivity index (χ1n) is 17.6. The lowest BCUT2D eigenvalue weighted by molar-refractivity contribution is 0.669. The summed E-state index contributed by atoms with van der Waals surface area (Å²) in [5.74, 6) is 1.73. The van der Waals surface area contributed by atoms with Crippen LogP contribution in [0.1, 0.15) is 0 Å². The molecule has 0 radical (unpaired) electrons. The molecule has 0 bridgehead atoms. The van der Waals surface area contributed by atoms with Crippen LogP contribution < -0.4 is 0 Å². The number of rotatable bonds is 6. The van der Waals surface area contributed by atoms with Crippen molar-refractivity contribution in [1.82, 2.24) is 19.9 Å². The van der Waals surface area contributed by atoms with E-state index in [-0.39, 0.29) is 0 Å². The Labute approximate surface area is 305 Å². The fourth-order valence-electron chi connectivity index (χ4n) is 7.26. The summed E-state index contributed by atoms with van der Waals surface area (Å²) < 4.78 is 6.43. The molecule has 0 unspecified atom stereocenters. The van der Waals surface area contributed by atoms with E-state index in [0.717, 1.165) is 71.8 Å². The van der Waals surface area contributed by atoms with Crippen molar-refractivity contribution in [3.05, 3.63) is 182 Å². The number of benzene rings is 7. The minimum Gasteiger partial charge on any atom is -0.455 e. The molecular weight excluding hydrogens is 649 g/mol. The zero-order chi connectivity index (χ0) is 35.1. The summed E-state index contributed by atoms with van der Waals surface area (Å²) in [5.41, 5.74) is 11.9. The molecule has 10 rings (SSSR count). The number of pyridine rings is 1. The fraction of sp³-hybridized carbons (Fsp3) is 0. The van der Waals surface area contributed by atoms with Gasteiger partial charge in [-0.3, -0.25) is 4.98 Å². The van der Waals surface area contributed by atoms with Gasteiger partial charge in [-0.1, -0.05) is 146 Å². The summed E-state index contributed by atoms with van der Waals surface area (Å²) in [5, 5.41) is 3.16. The highest BCUT2D eigenvalue weighted by atomic mass is 16.3. The monoisotopic (exact) mass is 678 g/mol. The van der Waals surface area contributed by atoms with E-state index >= 15 is 0 Å². The Morgan fingerprint density at radius 1 is 0.358 bits per heavy atom. The van der Waals surface area contributed by atoms with E-state index in [0.29, 0.717) is 17.5 Å². The number of nitrogens with zero attached hydrogens (tertiary/aromatic N) is 4. The van der Waals surface area contributed by atoms with Crippen molar-refractivity contribution in [1.29, 1.82) is 0 Å². The van der Waals surface area contributed by atoms with Gasteiger partial charge in [-0.05, 0) is 63.7 Å². The predicted molar refractivity (Wildman–Crippen MR) is 215 cm³/mol. The summed E-state index contributed by atoms with van der Waals surface area (Å²) in [6.07, 6.45) is 1.84. The normalized spacial score (nSPS) is 11.4. The van der Waals surface area contributed by atoms with Crippen molar-refractivity contribution in [3.8, 4) is 67.5 Å². The van der Waals surface area contributed by atoms with Crippen LogP contribution >= 0.6 is 0 Å². The number of furan rings is 1. The van der Waals surface area contributed by atoms with Gasteiger partial charge in [0.25, 0.3) is 0 Å². The smallest absolute Gasteiger partial charge is 0.167 e. The third kappa shape index (κ3) is 5.52. The summed E-state index contributed by atoms with van der Waals surface area (Å²) in [4.78, 5) is 20.0. The zero-order valence-corrected chi connectivity index (χ0v) is 28.5. The number of fused-ring (bicyclic) bond motifs is 4. The van der Waals surface area contributed by atoms with Crippen LogP contribution in [0.15, 0.2) is 187 Å². The number of aromatic nitrogens is 4. The molecule has 248 valence electrons. The molecule has 5 heteroatoms. The van der Waals surface area contributed by atoms with Crippen molar-refractivity contribution >= 4 is 32.8 Å². The molecule has 3 heterocycles. The first kappa shape index (κ1) is 30.6. The molecule has 7 aromatic carbocycles. The molecule has 10 aromatic rings. The fourth-order valence-corrected chi connectivity index (χ4v) is 7.26. The molecule has 0 saturated heterocycles. The SMILES string of the molecule is c1ccc(-c2ccc(-c3ccc4ncccc4c3-c3cccc(-c4nc(-c5ccccc5)nc(-c5cccc6c5oc5ccccc56)n4)c3)cc2)cc1. The topological polar surface area (TPSA) is 64.7 Å². The first-order valence-corrected chi connectivity index (χ1v) is 17.6. The molecule has 0 N–H and O–H groups in total. The summed E-state index contributed by atoms with van der Waals surface area (Å²) in [6.45, 7) is 0. The van der Waals surface area contributed by atoms with Gasteiger partial charge in [-0.25, -0.2) is 15.0 Å². The maximum absolute atomic E-state index is 6.43. The zero-order valence-electron chi connectivity index (χ0n) is 28.5. The first-order chi connectivity index (χ1) is 26.3. The maximum Gasteiger partial charge on any atom is 0.167 e. The quantitative estimate of drug-likeness (QED) is 0.175. The Morgan fingerprint density at radius 2 is 0.962 bits per heavy atom. The second-order valence-corrected chi connectivity index (χ2v) is 13.0. The van der Waals surface area contributed by atoms with Gasteiger partial charge >= 0.3 is 0 Å². The van der Waals surface area contributed by atoms with Crippen molar-refractivity contribution < 1.29 is 4.42 Å². The van der Waals surface area contributed by atoms with Crippen LogP contribution in [0.2, 0.25) is 0 Å². The molecule has 0 spiro atoms. The highest BCUT2D eigenvalue weighted by Gasteiger charge is 2.19. The Balaban J connectivity index is 1.15. The lowest BCUT2D eigenvalue weighted by atomic mass is 9.89.